The van der Waals surface area contributed by atoms with Crippen LogP contribution in [0.15, 0.2) is 30.3 Å². The van der Waals surface area contributed by atoms with E-state index in [1.165, 1.54) is 4.90 Å². The molecule has 1 atom stereocenters. The van der Waals surface area contributed by atoms with Gasteiger partial charge in [-0.1, -0.05) is 18.2 Å². The first-order valence-electron chi connectivity index (χ1n) is 6.20. The van der Waals surface area contributed by atoms with Crippen molar-refractivity contribution in [3.63, 3.8) is 0 Å². The van der Waals surface area contributed by atoms with Gasteiger partial charge in [-0.25, -0.2) is 0 Å². The van der Waals surface area contributed by atoms with E-state index in [2.05, 4.69) is 0 Å². The first-order chi connectivity index (χ1) is 9.13. The molecule has 1 heterocycles. The number of benzene rings is 1. The van der Waals surface area contributed by atoms with Crippen molar-refractivity contribution in [1.29, 1.82) is 0 Å². The van der Waals surface area contributed by atoms with Crippen LogP contribution in [0.5, 0.6) is 0 Å². The molecule has 1 unspecified atom stereocenters. The molecule has 1 fully saturated rings. The minimum absolute atomic E-state index is 0.0399. The Labute approximate surface area is 111 Å². The van der Waals surface area contributed by atoms with Gasteiger partial charge in [0.25, 0.3) is 5.91 Å². The normalized spacial score (nSPS) is 18.8. The van der Waals surface area contributed by atoms with E-state index < -0.39 is 23.6 Å². The van der Waals surface area contributed by atoms with E-state index in [1.54, 1.807) is 31.2 Å². The van der Waals surface area contributed by atoms with Crippen LogP contribution in [-0.4, -0.2) is 30.8 Å². The first kappa shape index (κ1) is 13.3. The third-order valence-corrected chi connectivity index (χ3v) is 3.02. The number of hydrogen-bond donors (Lipinski definition) is 0. The van der Waals surface area contributed by atoms with E-state index in [1.807, 2.05) is 6.07 Å². The Kier molecular flexibility index (Phi) is 3.94. The third-order valence-electron chi connectivity index (χ3n) is 3.02. The number of Topliss-reactive ketones (excluding diaryl/α,β-unsaturated/α-hetero) is 1. The zero-order chi connectivity index (χ0) is 13.8. The highest BCUT2D eigenvalue weighted by Gasteiger charge is 2.40. The molecule has 1 amide bonds. The predicted octanol–water partition coefficient (Wildman–Crippen LogP) is 1.17. The van der Waals surface area contributed by atoms with Gasteiger partial charge in [0.1, 0.15) is 0 Å². The second kappa shape index (κ2) is 5.65. The minimum atomic E-state index is -0.605. The highest BCUT2D eigenvalue weighted by molar-refractivity contribution is 6.44. The Hall–Kier alpha value is -2.17. The second-order valence-corrected chi connectivity index (χ2v) is 4.32. The number of ether oxygens (including phenoxy) is 1. The summed E-state index contributed by atoms with van der Waals surface area (Å²) < 4.78 is 4.81. The lowest BCUT2D eigenvalue weighted by atomic mass is 10.0. The van der Waals surface area contributed by atoms with Gasteiger partial charge in [-0.15, -0.1) is 0 Å². The summed E-state index contributed by atoms with van der Waals surface area (Å²) in [5, 5.41) is 0. The standard InChI is InChI=1S/C14H15NO4/c1-2-19-12(16)8-10-9-15(14(18)13(10)17)11-6-4-3-5-7-11/h3-7,10H,2,8-9H2,1H3. The first-order valence-corrected chi connectivity index (χ1v) is 6.20. The van der Waals surface area contributed by atoms with Crippen molar-refractivity contribution in [2.24, 2.45) is 5.92 Å². The summed E-state index contributed by atoms with van der Waals surface area (Å²) in [5.74, 6) is -2.12. The van der Waals surface area contributed by atoms with Crippen molar-refractivity contribution in [2.45, 2.75) is 13.3 Å². The molecule has 0 radical (unpaired) electrons. The Morgan fingerprint density at radius 2 is 2.00 bits per heavy atom. The van der Waals surface area contributed by atoms with Gasteiger partial charge in [0.2, 0.25) is 5.78 Å². The molecule has 0 N–H and O–H groups in total. The summed E-state index contributed by atoms with van der Waals surface area (Å²) in [5.41, 5.74) is 0.673. The molecule has 19 heavy (non-hydrogen) atoms. The molecule has 0 aromatic heterocycles. The summed E-state index contributed by atoms with van der Waals surface area (Å²) in [6.07, 6.45) is -0.0399. The molecule has 5 heteroatoms. The number of rotatable bonds is 4. The van der Waals surface area contributed by atoms with E-state index in [-0.39, 0.29) is 19.6 Å². The third kappa shape index (κ3) is 2.81. The summed E-state index contributed by atoms with van der Waals surface area (Å²) >= 11 is 0. The van der Waals surface area contributed by atoms with Gasteiger partial charge < -0.3 is 9.64 Å². The van der Waals surface area contributed by atoms with Crippen LogP contribution < -0.4 is 4.90 Å². The SMILES string of the molecule is CCOC(=O)CC1CN(c2ccccc2)C(=O)C1=O. The lowest BCUT2D eigenvalue weighted by molar-refractivity contribution is -0.146. The van der Waals surface area contributed by atoms with Crippen molar-refractivity contribution < 1.29 is 19.1 Å². The van der Waals surface area contributed by atoms with E-state index in [0.29, 0.717) is 5.69 Å². The average molecular weight is 261 g/mol. The molecule has 2 rings (SSSR count). The highest BCUT2D eigenvalue weighted by Crippen LogP contribution is 2.24. The summed E-state index contributed by atoms with van der Waals surface area (Å²) in [6.45, 7) is 2.21. The van der Waals surface area contributed by atoms with Crippen LogP contribution in [0.1, 0.15) is 13.3 Å². The molecule has 0 aliphatic carbocycles. The Morgan fingerprint density at radius 1 is 1.32 bits per heavy atom. The number of anilines is 1. The fourth-order valence-electron chi connectivity index (χ4n) is 2.10. The molecule has 1 aromatic carbocycles. The summed E-state index contributed by atoms with van der Waals surface area (Å²) in [7, 11) is 0. The maximum absolute atomic E-state index is 11.9. The van der Waals surface area contributed by atoms with Gasteiger partial charge >= 0.3 is 5.97 Å². The monoisotopic (exact) mass is 261 g/mol. The van der Waals surface area contributed by atoms with Gasteiger partial charge in [-0.3, -0.25) is 14.4 Å². The number of carbonyl (C=O) groups excluding carboxylic acids is 3. The lowest BCUT2D eigenvalue weighted by Gasteiger charge is -2.15. The van der Waals surface area contributed by atoms with E-state index in [4.69, 9.17) is 4.74 Å². The quantitative estimate of drug-likeness (QED) is 0.603. The topological polar surface area (TPSA) is 63.7 Å². The minimum Gasteiger partial charge on any atom is -0.466 e. The maximum atomic E-state index is 11.9. The smallest absolute Gasteiger partial charge is 0.306 e. The predicted molar refractivity (Wildman–Crippen MR) is 68.5 cm³/mol. The molecule has 1 aliphatic heterocycles. The van der Waals surface area contributed by atoms with Crippen LogP contribution in [0.25, 0.3) is 0 Å². The molecule has 1 aromatic rings. The molecule has 100 valence electrons. The van der Waals surface area contributed by atoms with Gasteiger partial charge in [-0.2, -0.15) is 0 Å². The summed E-state index contributed by atoms with van der Waals surface area (Å²) in [6, 6.07) is 8.95. The van der Waals surface area contributed by atoms with Crippen molar-refractivity contribution in [3.05, 3.63) is 30.3 Å². The Morgan fingerprint density at radius 3 is 2.63 bits per heavy atom. The number of ketones is 1. The zero-order valence-corrected chi connectivity index (χ0v) is 10.7. The number of esters is 1. The Balaban J connectivity index is 2.09. The van der Waals surface area contributed by atoms with Gasteiger partial charge in [0, 0.05) is 12.2 Å². The van der Waals surface area contributed by atoms with Crippen LogP contribution in [0.2, 0.25) is 0 Å². The van der Waals surface area contributed by atoms with Crippen molar-refractivity contribution >= 4 is 23.3 Å². The number of hydrogen-bond acceptors (Lipinski definition) is 4. The van der Waals surface area contributed by atoms with Crippen LogP contribution >= 0.6 is 0 Å². The second-order valence-electron chi connectivity index (χ2n) is 4.32. The molecule has 1 saturated heterocycles. The Bertz CT molecular complexity index is 497. The molecular weight excluding hydrogens is 246 g/mol. The van der Waals surface area contributed by atoms with Crippen LogP contribution in [0.4, 0.5) is 5.69 Å². The van der Waals surface area contributed by atoms with Crippen LogP contribution in [-0.2, 0) is 19.1 Å². The molecule has 1 aliphatic rings. The van der Waals surface area contributed by atoms with Gasteiger partial charge in [-0.05, 0) is 19.1 Å². The van der Waals surface area contributed by atoms with Crippen molar-refractivity contribution in [3.8, 4) is 0 Å². The zero-order valence-electron chi connectivity index (χ0n) is 10.7. The highest BCUT2D eigenvalue weighted by atomic mass is 16.5. The van der Waals surface area contributed by atoms with Crippen molar-refractivity contribution in [1.82, 2.24) is 0 Å². The molecule has 5 nitrogen and oxygen atoms in total. The van der Waals surface area contributed by atoms with Crippen LogP contribution in [0, 0.1) is 5.92 Å². The van der Waals surface area contributed by atoms with E-state index >= 15 is 0 Å². The molecular formula is C14H15NO4. The summed E-state index contributed by atoms with van der Waals surface area (Å²) in [4.78, 5) is 36.5. The molecule has 0 bridgehead atoms. The van der Waals surface area contributed by atoms with Crippen molar-refractivity contribution in [2.75, 3.05) is 18.1 Å². The maximum Gasteiger partial charge on any atom is 0.306 e. The average Bonchev–Trinajstić information content (AvgIpc) is 2.68. The lowest BCUT2D eigenvalue weighted by Crippen LogP contribution is -2.26. The molecule has 0 saturated carbocycles. The fourth-order valence-corrected chi connectivity index (χ4v) is 2.10. The number of nitrogens with zero attached hydrogens (tertiary/aromatic N) is 1. The largest absolute Gasteiger partial charge is 0.466 e. The van der Waals surface area contributed by atoms with Gasteiger partial charge in [0.15, 0.2) is 0 Å². The van der Waals surface area contributed by atoms with Gasteiger partial charge in [0.05, 0.1) is 18.9 Å². The van der Waals surface area contributed by atoms with Crippen LogP contribution in [0.3, 0.4) is 0 Å². The number of amides is 1. The molecule has 0 spiro atoms. The number of para-hydroxylation sites is 1. The van der Waals surface area contributed by atoms with E-state index in [9.17, 15) is 14.4 Å². The fraction of sp³-hybridized carbons (Fsp3) is 0.357. The van der Waals surface area contributed by atoms with E-state index in [0.717, 1.165) is 0 Å². The number of carbonyl (C=O) groups is 3.